The third-order valence-electron chi connectivity index (χ3n) is 4.55. The SMILES string of the molecule is CC1(C)COc2c(C=O)cc3c([nH]c4ccccc43)c2C1O. The highest BCUT2D eigenvalue weighted by atomic mass is 16.5. The van der Waals surface area contributed by atoms with Gasteiger partial charge in [-0.1, -0.05) is 32.0 Å². The molecule has 1 aliphatic rings. The Kier molecular flexibility index (Phi) is 2.63. The molecule has 0 bridgehead atoms. The number of aldehydes is 1. The summed E-state index contributed by atoms with van der Waals surface area (Å²) in [6, 6.07) is 9.76. The van der Waals surface area contributed by atoms with E-state index in [0.717, 1.165) is 28.1 Å². The number of aromatic amines is 1. The van der Waals surface area contributed by atoms with Gasteiger partial charge >= 0.3 is 0 Å². The number of hydrogen-bond acceptors (Lipinski definition) is 3. The molecule has 2 N–H and O–H groups in total. The number of aromatic nitrogens is 1. The van der Waals surface area contributed by atoms with Gasteiger partial charge in [0.1, 0.15) is 5.75 Å². The van der Waals surface area contributed by atoms with Crippen LogP contribution in [0.25, 0.3) is 21.8 Å². The lowest BCUT2D eigenvalue weighted by Gasteiger charge is -2.37. The third kappa shape index (κ3) is 1.64. The molecule has 4 rings (SSSR count). The van der Waals surface area contributed by atoms with Crippen LogP contribution in [0.3, 0.4) is 0 Å². The second kappa shape index (κ2) is 4.34. The van der Waals surface area contributed by atoms with Gasteiger partial charge in [0.05, 0.1) is 23.8 Å². The Morgan fingerprint density at radius 2 is 2.09 bits per heavy atom. The van der Waals surface area contributed by atoms with Gasteiger partial charge in [-0.05, 0) is 12.1 Å². The van der Waals surface area contributed by atoms with Crippen LogP contribution in [0.4, 0.5) is 0 Å². The van der Waals surface area contributed by atoms with E-state index >= 15 is 0 Å². The molecular formula is C18H17NO3. The molecule has 112 valence electrons. The van der Waals surface area contributed by atoms with Gasteiger partial charge in [0, 0.05) is 27.3 Å². The summed E-state index contributed by atoms with van der Waals surface area (Å²) in [6.45, 7) is 4.30. The van der Waals surface area contributed by atoms with Crippen LogP contribution in [-0.2, 0) is 0 Å². The minimum Gasteiger partial charge on any atom is -0.492 e. The topological polar surface area (TPSA) is 62.3 Å². The van der Waals surface area contributed by atoms with E-state index in [1.807, 2.05) is 44.2 Å². The standard InChI is InChI=1S/C18H17NO3/c1-18(2)9-22-16-10(8-20)7-12-11-5-3-4-6-13(11)19-15(12)14(16)17(18)21/h3-8,17,19,21H,9H2,1-2H3. The van der Waals surface area contributed by atoms with Gasteiger partial charge in [-0.15, -0.1) is 0 Å². The Labute approximate surface area is 127 Å². The molecule has 0 aliphatic carbocycles. The van der Waals surface area contributed by atoms with Gasteiger partial charge < -0.3 is 14.8 Å². The van der Waals surface area contributed by atoms with Gasteiger partial charge in [-0.2, -0.15) is 0 Å². The minimum atomic E-state index is -0.688. The molecule has 0 radical (unpaired) electrons. The number of aliphatic hydroxyl groups is 1. The largest absolute Gasteiger partial charge is 0.492 e. The molecule has 0 saturated heterocycles. The predicted molar refractivity (Wildman–Crippen MR) is 85.4 cm³/mol. The number of para-hydroxylation sites is 1. The lowest BCUT2D eigenvalue weighted by Crippen LogP contribution is -2.34. The van der Waals surface area contributed by atoms with Crippen LogP contribution in [0.1, 0.15) is 35.9 Å². The number of rotatable bonds is 1. The number of fused-ring (bicyclic) bond motifs is 5. The molecule has 3 aromatic rings. The molecule has 1 aliphatic heterocycles. The molecule has 4 heteroatoms. The van der Waals surface area contributed by atoms with Crippen molar-refractivity contribution >= 4 is 28.1 Å². The Bertz CT molecular complexity index is 907. The van der Waals surface area contributed by atoms with Crippen LogP contribution in [0, 0.1) is 5.41 Å². The fourth-order valence-electron chi connectivity index (χ4n) is 3.25. The van der Waals surface area contributed by atoms with E-state index in [4.69, 9.17) is 4.74 Å². The third-order valence-corrected chi connectivity index (χ3v) is 4.55. The summed E-state index contributed by atoms with van der Waals surface area (Å²) in [6.07, 6.45) is 0.108. The van der Waals surface area contributed by atoms with Crippen molar-refractivity contribution in [3.63, 3.8) is 0 Å². The fraction of sp³-hybridized carbons (Fsp3) is 0.278. The van der Waals surface area contributed by atoms with Crippen LogP contribution >= 0.6 is 0 Å². The van der Waals surface area contributed by atoms with Crippen LogP contribution in [0.2, 0.25) is 0 Å². The van der Waals surface area contributed by atoms with E-state index in [1.54, 1.807) is 0 Å². The summed E-state index contributed by atoms with van der Waals surface area (Å²) in [4.78, 5) is 14.8. The quantitative estimate of drug-likeness (QED) is 0.674. The van der Waals surface area contributed by atoms with Crippen LogP contribution in [0.15, 0.2) is 30.3 Å². The predicted octanol–water partition coefficient (Wildman–Crippen LogP) is 3.59. The summed E-state index contributed by atoms with van der Waals surface area (Å²) in [5.41, 5.74) is 2.60. The maximum atomic E-state index is 11.5. The molecule has 22 heavy (non-hydrogen) atoms. The second-order valence-corrected chi connectivity index (χ2v) is 6.60. The summed E-state index contributed by atoms with van der Waals surface area (Å²) in [5.74, 6) is 0.501. The highest BCUT2D eigenvalue weighted by molar-refractivity contribution is 6.11. The van der Waals surface area contributed by atoms with Gasteiger partial charge in [0.2, 0.25) is 0 Å². The molecule has 1 unspecified atom stereocenters. The molecule has 0 amide bonds. The Morgan fingerprint density at radius 1 is 1.32 bits per heavy atom. The van der Waals surface area contributed by atoms with Crippen LogP contribution in [-0.4, -0.2) is 23.0 Å². The Balaban J connectivity index is 2.17. The first kappa shape index (κ1) is 13.3. The van der Waals surface area contributed by atoms with Gasteiger partial charge in [-0.3, -0.25) is 4.79 Å². The number of carbonyl (C=O) groups is 1. The minimum absolute atomic E-state index is 0.383. The van der Waals surface area contributed by atoms with Crippen molar-refractivity contribution in [2.75, 3.05) is 6.61 Å². The van der Waals surface area contributed by atoms with Crippen LogP contribution in [0.5, 0.6) is 5.75 Å². The van der Waals surface area contributed by atoms with Gasteiger partial charge in [0.15, 0.2) is 6.29 Å². The number of carbonyl (C=O) groups excluding carboxylic acids is 1. The number of hydrogen-bond donors (Lipinski definition) is 2. The summed E-state index contributed by atoms with van der Waals surface area (Å²) in [7, 11) is 0. The first-order valence-corrected chi connectivity index (χ1v) is 7.36. The smallest absolute Gasteiger partial charge is 0.153 e. The van der Waals surface area contributed by atoms with Crippen molar-refractivity contribution < 1.29 is 14.6 Å². The Hall–Kier alpha value is -2.33. The first-order chi connectivity index (χ1) is 10.5. The number of ether oxygens (including phenoxy) is 1. The van der Waals surface area contributed by atoms with Crippen molar-refractivity contribution in [1.29, 1.82) is 0 Å². The lowest BCUT2D eigenvalue weighted by molar-refractivity contribution is -0.00627. The highest BCUT2D eigenvalue weighted by Crippen LogP contribution is 2.48. The first-order valence-electron chi connectivity index (χ1n) is 7.36. The van der Waals surface area contributed by atoms with Gasteiger partial charge in [-0.25, -0.2) is 0 Å². The average Bonchev–Trinajstić information content (AvgIpc) is 2.88. The molecule has 0 spiro atoms. The van der Waals surface area contributed by atoms with Crippen molar-refractivity contribution in [3.8, 4) is 5.75 Å². The molecule has 0 fully saturated rings. The number of H-pyrrole nitrogens is 1. The van der Waals surface area contributed by atoms with E-state index in [-0.39, 0.29) is 0 Å². The molecule has 1 aromatic heterocycles. The average molecular weight is 295 g/mol. The van der Waals surface area contributed by atoms with E-state index in [9.17, 15) is 9.90 Å². The molecule has 1 atom stereocenters. The van der Waals surface area contributed by atoms with E-state index < -0.39 is 11.5 Å². The summed E-state index contributed by atoms with van der Waals surface area (Å²) < 4.78 is 5.82. The fourth-order valence-corrected chi connectivity index (χ4v) is 3.25. The molecule has 0 saturated carbocycles. The number of aliphatic hydroxyl groups excluding tert-OH is 1. The summed E-state index contributed by atoms with van der Waals surface area (Å²) in [5, 5.41) is 12.8. The van der Waals surface area contributed by atoms with E-state index in [2.05, 4.69) is 4.98 Å². The van der Waals surface area contributed by atoms with E-state index in [0.29, 0.717) is 23.5 Å². The Morgan fingerprint density at radius 3 is 2.86 bits per heavy atom. The highest BCUT2D eigenvalue weighted by Gasteiger charge is 2.39. The lowest BCUT2D eigenvalue weighted by atomic mass is 9.80. The van der Waals surface area contributed by atoms with Crippen molar-refractivity contribution in [3.05, 3.63) is 41.5 Å². The van der Waals surface area contributed by atoms with E-state index in [1.165, 1.54) is 0 Å². The zero-order valence-corrected chi connectivity index (χ0v) is 12.5. The van der Waals surface area contributed by atoms with Gasteiger partial charge in [0.25, 0.3) is 0 Å². The molecule has 2 heterocycles. The molecular weight excluding hydrogens is 278 g/mol. The van der Waals surface area contributed by atoms with Crippen molar-refractivity contribution in [2.24, 2.45) is 5.41 Å². The second-order valence-electron chi connectivity index (χ2n) is 6.60. The maximum Gasteiger partial charge on any atom is 0.153 e. The zero-order chi connectivity index (χ0) is 15.5. The number of nitrogens with one attached hydrogen (secondary N) is 1. The monoisotopic (exact) mass is 295 g/mol. The number of benzene rings is 2. The molecule has 4 nitrogen and oxygen atoms in total. The summed E-state index contributed by atoms with van der Waals surface area (Å²) >= 11 is 0. The maximum absolute atomic E-state index is 11.5. The van der Waals surface area contributed by atoms with Crippen LogP contribution < -0.4 is 4.74 Å². The van der Waals surface area contributed by atoms with Crippen molar-refractivity contribution in [1.82, 2.24) is 4.98 Å². The molecule has 2 aromatic carbocycles. The van der Waals surface area contributed by atoms with Crippen molar-refractivity contribution in [2.45, 2.75) is 20.0 Å². The zero-order valence-electron chi connectivity index (χ0n) is 12.5. The normalized spacial score (nSPS) is 19.9.